The van der Waals surface area contributed by atoms with Gasteiger partial charge in [-0.05, 0) is 43.1 Å². The lowest BCUT2D eigenvalue weighted by Gasteiger charge is -2.35. The second-order valence-electron chi connectivity index (χ2n) is 8.78. The first-order valence-electron chi connectivity index (χ1n) is 10.9. The summed E-state index contributed by atoms with van der Waals surface area (Å²) in [4.78, 5) is 10.4. The van der Waals surface area contributed by atoms with E-state index in [4.69, 9.17) is 16.3 Å². The maximum Gasteiger partial charge on any atom is 0.140 e. The third kappa shape index (κ3) is 3.42. The summed E-state index contributed by atoms with van der Waals surface area (Å²) in [7, 11) is 0. The van der Waals surface area contributed by atoms with Gasteiger partial charge in [0.1, 0.15) is 11.2 Å². The van der Waals surface area contributed by atoms with Crippen molar-refractivity contribution >= 4 is 22.6 Å². The van der Waals surface area contributed by atoms with Gasteiger partial charge in [0.2, 0.25) is 0 Å². The molecule has 2 aliphatic rings. The van der Waals surface area contributed by atoms with Crippen LogP contribution in [0.4, 0.5) is 0 Å². The molecule has 8 heteroatoms. The van der Waals surface area contributed by atoms with Gasteiger partial charge in [0.15, 0.2) is 0 Å². The van der Waals surface area contributed by atoms with Gasteiger partial charge < -0.3 is 14.8 Å². The van der Waals surface area contributed by atoms with E-state index in [1.165, 1.54) is 31.5 Å². The minimum atomic E-state index is -0.975. The standard InChI is InChI=1S/C24H24ClN5O2/c25-20-11-26-23-19(22(20)30-13-18(10-27-30)24(31)14-32-15-24)9-21(28-23)17-5-3-16(4-6-17)12-29-7-1-2-8-29/h3-6,9-11,13,31H,1-2,7-8,12,14-15H2,(H,26,28). The van der Waals surface area contributed by atoms with Crippen molar-refractivity contribution in [3.8, 4) is 16.9 Å². The fraction of sp³-hybridized carbons (Fsp3) is 0.333. The molecule has 164 valence electrons. The van der Waals surface area contributed by atoms with Crippen LogP contribution in [0.2, 0.25) is 5.02 Å². The zero-order valence-electron chi connectivity index (χ0n) is 17.6. The maximum atomic E-state index is 10.6. The molecule has 7 nitrogen and oxygen atoms in total. The number of pyridine rings is 1. The summed E-state index contributed by atoms with van der Waals surface area (Å²) in [5.74, 6) is 0. The van der Waals surface area contributed by atoms with Crippen LogP contribution in [0, 0.1) is 0 Å². The molecule has 2 saturated heterocycles. The number of nitrogens with one attached hydrogen (secondary N) is 1. The molecule has 0 amide bonds. The van der Waals surface area contributed by atoms with Gasteiger partial charge >= 0.3 is 0 Å². The smallest absolute Gasteiger partial charge is 0.140 e. The predicted molar refractivity (Wildman–Crippen MR) is 123 cm³/mol. The van der Waals surface area contributed by atoms with Gasteiger partial charge in [0.05, 0.1) is 36.3 Å². The molecule has 6 rings (SSSR count). The van der Waals surface area contributed by atoms with E-state index in [1.54, 1.807) is 17.1 Å². The minimum Gasteiger partial charge on any atom is -0.380 e. The van der Waals surface area contributed by atoms with Crippen molar-refractivity contribution in [3.63, 3.8) is 0 Å². The number of H-pyrrole nitrogens is 1. The molecule has 3 aromatic heterocycles. The second kappa shape index (κ2) is 7.71. The normalized spacial score (nSPS) is 18.3. The molecule has 0 unspecified atom stereocenters. The highest BCUT2D eigenvalue weighted by Crippen LogP contribution is 2.34. The average molecular weight is 450 g/mol. The van der Waals surface area contributed by atoms with E-state index in [9.17, 15) is 5.11 Å². The molecular weight excluding hydrogens is 426 g/mol. The lowest BCUT2D eigenvalue weighted by Crippen LogP contribution is -2.46. The number of ether oxygens (including phenoxy) is 1. The molecule has 1 aromatic carbocycles. The highest BCUT2D eigenvalue weighted by Gasteiger charge is 2.39. The van der Waals surface area contributed by atoms with E-state index >= 15 is 0 Å². The molecule has 0 radical (unpaired) electrons. The summed E-state index contributed by atoms with van der Waals surface area (Å²) in [6.45, 7) is 3.95. The number of rotatable bonds is 5. The van der Waals surface area contributed by atoms with Gasteiger partial charge in [-0.2, -0.15) is 5.10 Å². The van der Waals surface area contributed by atoms with Crippen LogP contribution in [0.5, 0.6) is 0 Å². The van der Waals surface area contributed by atoms with Gasteiger partial charge in [0.25, 0.3) is 0 Å². The predicted octanol–water partition coefficient (Wildman–Crippen LogP) is 3.88. The Kier molecular flexibility index (Phi) is 4.80. The number of nitrogens with zero attached hydrogens (tertiary/aromatic N) is 4. The molecule has 2 aliphatic heterocycles. The molecule has 5 heterocycles. The van der Waals surface area contributed by atoms with Crippen LogP contribution in [0.15, 0.2) is 48.9 Å². The van der Waals surface area contributed by atoms with Crippen molar-refractivity contribution < 1.29 is 9.84 Å². The van der Waals surface area contributed by atoms with Crippen molar-refractivity contribution in [1.82, 2.24) is 24.6 Å². The van der Waals surface area contributed by atoms with Crippen LogP contribution in [0.1, 0.15) is 24.0 Å². The Bertz CT molecular complexity index is 1270. The first-order valence-corrected chi connectivity index (χ1v) is 11.3. The van der Waals surface area contributed by atoms with Crippen molar-refractivity contribution in [2.24, 2.45) is 0 Å². The number of fused-ring (bicyclic) bond motifs is 1. The minimum absolute atomic E-state index is 0.278. The van der Waals surface area contributed by atoms with E-state index in [-0.39, 0.29) is 13.2 Å². The van der Waals surface area contributed by atoms with Gasteiger partial charge in [-0.15, -0.1) is 0 Å². The summed E-state index contributed by atoms with van der Waals surface area (Å²) in [6, 6.07) is 10.7. The number of aromatic nitrogens is 4. The SMILES string of the molecule is OC1(c2cnn(-c3c(Cl)cnc4[nH]c(-c5ccc(CN6CCCC6)cc5)cc34)c2)COC1. The number of aromatic amines is 1. The van der Waals surface area contributed by atoms with Crippen molar-refractivity contribution in [1.29, 1.82) is 0 Å². The Labute approximate surface area is 190 Å². The Balaban J connectivity index is 1.33. The Morgan fingerprint density at radius 3 is 2.62 bits per heavy atom. The van der Waals surface area contributed by atoms with Crippen molar-refractivity contribution in [3.05, 3.63) is 65.1 Å². The molecule has 0 atom stereocenters. The molecule has 2 fully saturated rings. The number of hydrogen-bond acceptors (Lipinski definition) is 5. The van der Waals surface area contributed by atoms with Crippen LogP contribution < -0.4 is 0 Å². The number of benzene rings is 1. The van der Waals surface area contributed by atoms with Gasteiger partial charge in [-0.1, -0.05) is 35.9 Å². The summed E-state index contributed by atoms with van der Waals surface area (Å²) in [6.07, 6.45) is 7.70. The summed E-state index contributed by atoms with van der Waals surface area (Å²) in [5.41, 5.74) is 4.61. The lowest BCUT2D eigenvalue weighted by molar-refractivity contribution is -0.184. The van der Waals surface area contributed by atoms with Crippen LogP contribution in [-0.4, -0.2) is 56.1 Å². The molecular formula is C24H24ClN5O2. The highest BCUT2D eigenvalue weighted by atomic mass is 35.5. The van der Waals surface area contributed by atoms with Crippen LogP contribution in [-0.2, 0) is 16.9 Å². The molecule has 0 saturated carbocycles. The summed E-state index contributed by atoms with van der Waals surface area (Å²) < 4.78 is 6.87. The van der Waals surface area contributed by atoms with Gasteiger partial charge in [-0.25, -0.2) is 9.67 Å². The molecule has 32 heavy (non-hydrogen) atoms. The molecule has 0 bridgehead atoms. The quantitative estimate of drug-likeness (QED) is 0.483. The van der Waals surface area contributed by atoms with Crippen LogP contribution in [0.25, 0.3) is 28.0 Å². The summed E-state index contributed by atoms with van der Waals surface area (Å²) >= 11 is 6.54. The van der Waals surface area contributed by atoms with Crippen LogP contribution >= 0.6 is 11.6 Å². The molecule has 0 aliphatic carbocycles. The maximum absolute atomic E-state index is 10.6. The number of aliphatic hydroxyl groups is 1. The van der Waals surface area contributed by atoms with Crippen LogP contribution in [0.3, 0.4) is 0 Å². The van der Waals surface area contributed by atoms with E-state index in [2.05, 4.69) is 50.3 Å². The average Bonchev–Trinajstić information content (AvgIpc) is 3.53. The fourth-order valence-corrected chi connectivity index (χ4v) is 4.80. The van der Waals surface area contributed by atoms with E-state index < -0.39 is 5.60 Å². The number of halogens is 1. The number of likely N-dealkylation sites (tertiary alicyclic amines) is 1. The molecule has 0 spiro atoms. The summed E-state index contributed by atoms with van der Waals surface area (Å²) in [5, 5.41) is 16.4. The second-order valence-corrected chi connectivity index (χ2v) is 9.19. The zero-order chi connectivity index (χ0) is 21.7. The highest BCUT2D eigenvalue weighted by molar-refractivity contribution is 6.33. The largest absolute Gasteiger partial charge is 0.380 e. The molecule has 2 N–H and O–H groups in total. The van der Waals surface area contributed by atoms with Gasteiger partial charge in [-0.3, -0.25) is 4.90 Å². The molecule has 4 aromatic rings. The lowest BCUT2D eigenvalue weighted by atomic mass is 9.95. The van der Waals surface area contributed by atoms with Crippen molar-refractivity contribution in [2.75, 3.05) is 26.3 Å². The third-order valence-corrected chi connectivity index (χ3v) is 6.76. The first kappa shape index (κ1) is 19.9. The van der Waals surface area contributed by atoms with E-state index in [1.807, 2.05) is 6.20 Å². The monoisotopic (exact) mass is 449 g/mol. The van der Waals surface area contributed by atoms with Gasteiger partial charge in [0, 0.05) is 29.4 Å². The Hall–Kier alpha value is -2.71. The Morgan fingerprint density at radius 2 is 1.91 bits per heavy atom. The zero-order valence-corrected chi connectivity index (χ0v) is 18.3. The fourth-order valence-electron chi connectivity index (χ4n) is 4.56. The third-order valence-electron chi connectivity index (χ3n) is 6.49. The number of hydrogen-bond donors (Lipinski definition) is 2. The Morgan fingerprint density at radius 1 is 1.12 bits per heavy atom. The van der Waals surface area contributed by atoms with E-state index in [0.717, 1.165) is 34.5 Å². The topological polar surface area (TPSA) is 79.2 Å². The first-order chi connectivity index (χ1) is 15.6. The van der Waals surface area contributed by atoms with Crippen molar-refractivity contribution in [2.45, 2.75) is 25.0 Å². The van der Waals surface area contributed by atoms with E-state index in [0.29, 0.717) is 10.6 Å².